The number of allylic oxidation sites excluding steroid dienone is 18. The summed E-state index contributed by atoms with van der Waals surface area (Å²) < 4.78 is 17.0. The molecule has 0 amide bonds. The summed E-state index contributed by atoms with van der Waals surface area (Å²) in [4.78, 5) is 38.4. The van der Waals surface area contributed by atoms with E-state index < -0.39 is 6.10 Å². The van der Waals surface area contributed by atoms with Gasteiger partial charge in [0.1, 0.15) is 13.2 Å². The monoisotopic (exact) mass is 1100 g/mol. The zero-order valence-corrected chi connectivity index (χ0v) is 51.9. The van der Waals surface area contributed by atoms with Gasteiger partial charge in [0.15, 0.2) is 6.10 Å². The van der Waals surface area contributed by atoms with Gasteiger partial charge in [-0.2, -0.15) is 0 Å². The van der Waals surface area contributed by atoms with Gasteiger partial charge >= 0.3 is 17.9 Å². The van der Waals surface area contributed by atoms with Gasteiger partial charge in [-0.3, -0.25) is 14.4 Å². The third-order valence-corrected chi connectivity index (χ3v) is 14.2. The van der Waals surface area contributed by atoms with E-state index in [1.54, 1.807) is 0 Å². The average Bonchev–Trinajstić information content (AvgIpc) is 3.45. The molecule has 0 aromatic rings. The van der Waals surface area contributed by atoms with Crippen LogP contribution in [0, 0.1) is 0 Å². The Balaban J connectivity index is 4.40. The molecule has 1 atom stereocenters. The molecular formula is C73H124O6. The van der Waals surface area contributed by atoms with Crippen LogP contribution in [0.15, 0.2) is 109 Å². The Hall–Kier alpha value is -3.93. The molecule has 0 saturated carbocycles. The van der Waals surface area contributed by atoms with Gasteiger partial charge in [0.05, 0.1) is 0 Å². The summed E-state index contributed by atoms with van der Waals surface area (Å²) in [5.74, 6) is -0.890. The predicted molar refractivity (Wildman–Crippen MR) is 343 cm³/mol. The van der Waals surface area contributed by atoms with Crippen LogP contribution >= 0.6 is 0 Å². The molecule has 6 nitrogen and oxygen atoms in total. The first kappa shape index (κ1) is 75.1. The van der Waals surface area contributed by atoms with Crippen LogP contribution in [0.1, 0.15) is 316 Å². The Bertz CT molecular complexity index is 1590. The van der Waals surface area contributed by atoms with Crippen LogP contribution in [-0.4, -0.2) is 37.2 Å². The van der Waals surface area contributed by atoms with Gasteiger partial charge in [-0.25, -0.2) is 0 Å². The summed E-state index contributed by atoms with van der Waals surface area (Å²) in [6.07, 6.45) is 90.9. The van der Waals surface area contributed by atoms with Crippen LogP contribution in [0.5, 0.6) is 0 Å². The van der Waals surface area contributed by atoms with Gasteiger partial charge in [-0.1, -0.05) is 284 Å². The highest BCUT2D eigenvalue weighted by molar-refractivity contribution is 5.71. The Morgan fingerprint density at radius 3 is 0.785 bits per heavy atom. The van der Waals surface area contributed by atoms with Crippen molar-refractivity contribution in [1.82, 2.24) is 0 Å². The summed E-state index contributed by atoms with van der Waals surface area (Å²) in [6, 6.07) is 0. The Kier molecular flexibility index (Phi) is 63.3. The maximum atomic E-state index is 12.9. The number of hydrogen-bond donors (Lipinski definition) is 0. The number of hydrogen-bond acceptors (Lipinski definition) is 6. The summed E-state index contributed by atoms with van der Waals surface area (Å²) in [5.41, 5.74) is 0. The smallest absolute Gasteiger partial charge is 0.306 e. The lowest BCUT2D eigenvalue weighted by atomic mass is 10.1. The maximum Gasteiger partial charge on any atom is 0.306 e. The third-order valence-electron chi connectivity index (χ3n) is 14.2. The second kappa shape index (κ2) is 66.6. The highest BCUT2D eigenvalue weighted by atomic mass is 16.6. The van der Waals surface area contributed by atoms with Crippen molar-refractivity contribution in [3.8, 4) is 0 Å². The van der Waals surface area contributed by atoms with Crippen molar-refractivity contribution in [2.75, 3.05) is 13.2 Å². The van der Waals surface area contributed by atoms with Crippen molar-refractivity contribution in [2.45, 2.75) is 322 Å². The van der Waals surface area contributed by atoms with E-state index in [2.05, 4.69) is 130 Å². The van der Waals surface area contributed by atoms with Crippen LogP contribution < -0.4 is 0 Å². The van der Waals surface area contributed by atoms with Crippen LogP contribution in [0.2, 0.25) is 0 Å². The van der Waals surface area contributed by atoms with Gasteiger partial charge in [-0.15, -0.1) is 0 Å². The van der Waals surface area contributed by atoms with Gasteiger partial charge in [-0.05, 0) is 122 Å². The molecule has 0 heterocycles. The highest BCUT2D eigenvalue weighted by Gasteiger charge is 2.19. The molecule has 1 unspecified atom stereocenters. The molecule has 79 heavy (non-hydrogen) atoms. The molecule has 0 rings (SSSR count). The third kappa shape index (κ3) is 64.8. The van der Waals surface area contributed by atoms with Gasteiger partial charge in [0.2, 0.25) is 0 Å². The lowest BCUT2D eigenvalue weighted by Gasteiger charge is -2.18. The minimum absolute atomic E-state index is 0.0845. The molecule has 0 saturated heterocycles. The molecule has 0 spiro atoms. The number of unbranched alkanes of at least 4 members (excludes halogenated alkanes) is 31. The predicted octanol–water partition coefficient (Wildman–Crippen LogP) is 23.0. The number of carbonyl (C=O) groups is 3. The van der Waals surface area contributed by atoms with E-state index in [9.17, 15) is 14.4 Å². The minimum Gasteiger partial charge on any atom is -0.462 e. The fraction of sp³-hybridized carbons (Fsp3) is 0.712. The van der Waals surface area contributed by atoms with Crippen LogP contribution in [0.4, 0.5) is 0 Å². The summed E-state index contributed by atoms with van der Waals surface area (Å²) in [7, 11) is 0. The van der Waals surface area contributed by atoms with Gasteiger partial charge in [0, 0.05) is 19.3 Å². The number of rotatable bonds is 60. The van der Waals surface area contributed by atoms with E-state index in [0.717, 1.165) is 116 Å². The molecule has 0 fully saturated rings. The molecule has 0 radical (unpaired) electrons. The van der Waals surface area contributed by atoms with E-state index in [1.165, 1.54) is 161 Å². The van der Waals surface area contributed by atoms with Crippen LogP contribution in [0.25, 0.3) is 0 Å². The summed E-state index contributed by atoms with van der Waals surface area (Å²) in [6.45, 7) is 6.43. The normalized spacial score (nSPS) is 12.8. The largest absolute Gasteiger partial charge is 0.462 e. The quantitative estimate of drug-likeness (QED) is 0.0261. The van der Waals surface area contributed by atoms with Crippen molar-refractivity contribution >= 4 is 17.9 Å². The molecule has 452 valence electrons. The average molecular weight is 1100 g/mol. The molecule has 6 heteroatoms. The first-order valence-electron chi connectivity index (χ1n) is 33.4. The van der Waals surface area contributed by atoms with Crippen molar-refractivity contribution in [3.63, 3.8) is 0 Å². The van der Waals surface area contributed by atoms with E-state index in [4.69, 9.17) is 14.2 Å². The van der Waals surface area contributed by atoms with E-state index in [0.29, 0.717) is 19.3 Å². The molecule has 0 aliphatic heterocycles. The topological polar surface area (TPSA) is 78.9 Å². The highest BCUT2D eigenvalue weighted by Crippen LogP contribution is 2.16. The fourth-order valence-corrected chi connectivity index (χ4v) is 9.30. The van der Waals surface area contributed by atoms with Crippen molar-refractivity contribution < 1.29 is 28.6 Å². The summed E-state index contributed by atoms with van der Waals surface area (Å²) >= 11 is 0. The minimum atomic E-state index is -0.790. The molecule has 0 aromatic heterocycles. The zero-order valence-electron chi connectivity index (χ0n) is 51.9. The molecule has 0 N–H and O–H groups in total. The number of ether oxygens (including phenoxy) is 3. The molecule has 0 aliphatic rings. The van der Waals surface area contributed by atoms with Crippen LogP contribution in [-0.2, 0) is 28.6 Å². The Morgan fingerprint density at radius 2 is 0.494 bits per heavy atom. The SMILES string of the molecule is CC/C=C\C/C=C\C/C=C\C/C=C\CCCCCCCCCCCCC(=O)OCC(COC(=O)CCCCCCCCC/C=C\CCCCCCCC)OC(=O)CCCCCCCCCC/C=C\C/C=C\C/C=C\C/C=C\CC. The zero-order chi connectivity index (χ0) is 57.1. The lowest BCUT2D eigenvalue weighted by Crippen LogP contribution is -2.30. The number of carbonyl (C=O) groups excluding carboxylic acids is 3. The molecule has 0 aromatic carbocycles. The first-order chi connectivity index (χ1) is 39.0. The van der Waals surface area contributed by atoms with E-state index in [-0.39, 0.29) is 31.1 Å². The van der Waals surface area contributed by atoms with Crippen molar-refractivity contribution in [1.29, 1.82) is 0 Å². The second-order valence-corrected chi connectivity index (χ2v) is 22.0. The van der Waals surface area contributed by atoms with E-state index in [1.807, 2.05) is 0 Å². The summed E-state index contributed by atoms with van der Waals surface area (Å²) in [5, 5.41) is 0. The molecule has 0 aliphatic carbocycles. The van der Waals surface area contributed by atoms with Crippen molar-refractivity contribution in [2.24, 2.45) is 0 Å². The fourth-order valence-electron chi connectivity index (χ4n) is 9.30. The maximum absolute atomic E-state index is 12.9. The van der Waals surface area contributed by atoms with E-state index >= 15 is 0 Å². The first-order valence-corrected chi connectivity index (χ1v) is 33.4. The van der Waals surface area contributed by atoms with Gasteiger partial charge < -0.3 is 14.2 Å². The Labute approximate surface area is 489 Å². The lowest BCUT2D eigenvalue weighted by molar-refractivity contribution is -0.167. The molecular weight excluding hydrogens is 973 g/mol. The standard InChI is InChI=1S/C73H124O6/c1-4-7-10-13-16-19-22-25-28-31-33-35-36-38-39-42-45-48-51-54-57-60-63-66-72(75)78-69-70(68-77-71(74)65-62-59-56-53-50-47-44-41-30-27-24-21-18-15-12-9-6-3)79-73(76)67-64-61-58-55-52-49-46-43-40-37-34-32-29-26-23-20-17-14-11-8-5-2/h7-8,10-11,16-17,19-20,25-30,33-35,37,70H,4-6,9,12-15,18,21-24,31-32,36,38-69H2,1-3H3/b10-7-,11-8-,19-16-,20-17-,28-25-,29-26-,30-27-,35-33-,37-34-. The molecule has 0 bridgehead atoms. The van der Waals surface area contributed by atoms with Crippen LogP contribution in [0.3, 0.4) is 0 Å². The van der Waals surface area contributed by atoms with Gasteiger partial charge in [0.25, 0.3) is 0 Å². The number of esters is 3. The Morgan fingerprint density at radius 1 is 0.266 bits per heavy atom. The van der Waals surface area contributed by atoms with Crippen molar-refractivity contribution in [3.05, 3.63) is 109 Å². The second-order valence-electron chi connectivity index (χ2n) is 22.0.